The van der Waals surface area contributed by atoms with Gasteiger partial charge < -0.3 is 9.47 Å². The second kappa shape index (κ2) is 9.80. The third-order valence-electron chi connectivity index (χ3n) is 6.02. The van der Waals surface area contributed by atoms with Crippen LogP contribution in [0, 0.1) is 0 Å². The Labute approximate surface area is 180 Å². The second-order valence-corrected chi connectivity index (χ2v) is 8.00. The van der Waals surface area contributed by atoms with Crippen LogP contribution in [0.25, 0.3) is 11.1 Å². The molecule has 3 aromatic rings. The number of hydrogen-bond donors (Lipinski definition) is 0. The number of rotatable bonds is 8. The average molecular weight is 402 g/mol. The van der Waals surface area contributed by atoms with E-state index in [-0.39, 0.29) is 6.10 Å². The minimum absolute atomic E-state index is 0.273. The SMILES string of the molecule is CCc1ncc(OC2CCCC2)c(OC)c1-c1ccccc1CCc1ccccc1. The molecule has 1 fully saturated rings. The number of nitrogens with zero attached hydrogens (tertiary/aromatic N) is 1. The smallest absolute Gasteiger partial charge is 0.180 e. The van der Waals surface area contributed by atoms with Gasteiger partial charge in [0.2, 0.25) is 0 Å². The van der Waals surface area contributed by atoms with Crippen molar-refractivity contribution < 1.29 is 9.47 Å². The maximum Gasteiger partial charge on any atom is 0.180 e. The van der Waals surface area contributed by atoms with E-state index in [1.54, 1.807) is 7.11 Å². The van der Waals surface area contributed by atoms with Gasteiger partial charge in [-0.2, -0.15) is 0 Å². The van der Waals surface area contributed by atoms with E-state index in [0.717, 1.165) is 54.9 Å². The second-order valence-electron chi connectivity index (χ2n) is 8.00. The van der Waals surface area contributed by atoms with Gasteiger partial charge in [0.1, 0.15) is 0 Å². The van der Waals surface area contributed by atoms with Crippen LogP contribution in [0.15, 0.2) is 60.8 Å². The van der Waals surface area contributed by atoms with Crippen LogP contribution in [0.5, 0.6) is 11.5 Å². The molecule has 156 valence electrons. The Hall–Kier alpha value is -2.81. The van der Waals surface area contributed by atoms with Gasteiger partial charge in [-0.25, -0.2) is 0 Å². The van der Waals surface area contributed by atoms with Crippen LogP contribution in [0.3, 0.4) is 0 Å². The van der Waals surface area contributed by atoms with Gasteiger partial charge in [0, 0.05) is 5.56 Å². The lowest BCUT2D eigenvalue weighted by molar-refractivity contribution is 0.200. The number of aromatic nitrogens is 1. The number of methoxy groups -OCH3 is 1. The molecule has 0 spiro atoms. The average Bonchev–Trinajstić information content (AvgIpc) is 3.31. The Kier molecular flexibility index (Phi) is 6.68. The molecule has 3 heteroatoms. The van der Waals surface area contributed by atoms with Crippen LogP contribution in [0.1, 0.15) is 49.4 Å². The summed E-state index contributed by atoms with van der Waals surface area (Å²) in [5.74, 6) is 1.59. The van der Waals surface area contributed by atoms with E-state index in [0.29, 0.717) is 0 Å². The van der Waals surface area contributed by atoms with E-state index in [4.69, 9.17) is 14.5 Å². The number of ether oxygens (including phenoxy) is 2. The number of benzene rings is 2. The van der Waals surface area contributed by atoms with Crippen LogP contribution in [-0.2, 0) is 19.3 Å². The molecule has 2 aromatic carbocycles. The van der Waals surface area contributed by atoms with Crippen LogP contribution in [0.4, 0.5) is 0 Å². The zero-order valence-corrected chi connectivity index (χ0v) is 18.1. The highest BCUT2D eigenvalue weighted by molar-refractivity contribution is 5.78. The maximum absolute atomic E-state index is 6.34. The van der Waals surface area contributed by atoms with Gasteiger partial charge in [-0.05, 0) is 61.6 Å². The van der Waals surface area contributed by atoms with Crippen molar-refractivity contribution in [3.05, 3.63) is 77.6 Å². The van der Waals surface area contributed by atoms with Crippen molar-refractivity contribution in [1.82, 2.24) is 4.98 Å². The summed E-state index contributed by atoms with van der Waals surface area (Å²) < 4.78 is 12.3. The summed E-state index contributed by atoms with van der Waals surface area (Å²) in [4.78, 5) is 4.78. The molecule has 1 heterocycles. The molecule has 0 saturated heterocycles. The fraction of sp³-hybridized carbons (Fsp3) is 0.370. The number of pyridine rings is 1. The summed E-state index contributed by atoms with van der Waals surface area (Å²) in [6.07, 6.45) is 9.66. The predicted molar refractivity (Wildman–Crippen MR) is 122 cm³/mol. The van der Waals surface area contributed by atoms with Crippen molar-refractivity contribution in [2.45, 2.75) is 58.0 Å². The van der Waals surface area contributed by atoms with Gasteiger partial charge in [-0.3, -0.25) is 4.98 Å². The van der Waals surface area contributed by atoms with Crippen molar-refractivity contribution in [1.29, 1.82) is 0 Å². The minimum atomic E-state index is 0.273. The summed E-state index contributed by atoms with van der Waals surface area (Å²) in [5, 5.41) is 0. The third kappa shape index (κ3) is 4.51. The molecule has 0 bridgehead atoms. The summed E-state index contributed by atoms with van der Waals surface area (Å²) >= 11 is 0. The highest BCUT2D eigenvalue weighted by atomic mass is 16.5. The van der Waals surface area contributed by atoms with Gasteiger partial charge >= 0.3 is 0 Å². The summed E-state index contributed by atoms with van der Waals surface area (Å²) in [6, 6.07) is 19.3. The lowest BCUT2D eigenvalue weighted by Crippen LogP contribution is -2.13. The molecule has 0 unspecified atom stereocenters. The summed E-state index contributed by atoms with van der Waals surface area (Å²) in [6.45, 7) is 2.15. The quantitative estimate of drug-likeness (QED) is 0.436. The first-order valence-electron chi connectivity index (χ1n) is 11.1. The highest BCUT2D eigenvalue weighted by Gasteiger charge is 2.23. The van der Waals surface area contributed by atoms with E-state index >= 15 is 0 Å². The molecule has 1 saturated carbocycles. The van der Waals surface area contributed by atoms with Crippen molar-refractivity contribution in [2.75, 3.05) is 7.11 Å². The third-order valence-corrected chi connectivity index (χ3v) is 6.02. The van der Waals surface area contributed by atoms with Gasteiger partial charge in [0.15, 0.2) is 11.5 Å². The van der Waals surface area contributed by atoms with Gasteiger partial charge in [0.05, 0.1) is 25.1 Å². The molecular weight excluding hydrogens is 370 g/mol. The lowest BCUT2D eigenvalue weighted by Gasteiger charge is -2.21. The number of hydrogen-bond acceptors (Lipinski definition) is 3. The van der Waals surface area contributed by atoms with Gasteiger partial charge in [-0.15, -0.1) is 0 Å². The molecule has 0 N–H and O–H groups in total. The first-order valence-corrected chi connectivity index (χ1v) is 11.1. The molecular formula is C27H31NO2. The Morgan fingerprint density at radius 1 is 0.933 bits per heavy atom. The van der Waals surface area contributed by atoms with Crippen LogP contribution in [0.2, 0.25) is 0 Å². The monoisotopic (exact) mass is 401 g/mol. The number of aryl methyl sites for hydroxylation is 3. The minimum Gasteiger partial charge on any atom is -0.492 e. The van der Waals surface area contributed by atoms with E-state index in [9.17, 15) is 0 Å². The molecule has 0 amide bonds. The Morgan fingerprint density at radius 2 is 1.67 bits per heavy atom. The Balaban J connectivity index is 1.71. The standard InChI is InChI=1S/C27H31NO2/c1-3-24-26(27(29-2)25(19-28-24)30-22-14-8-9-15-22)23-16-10-7-13-21(23)18-17-20-11-5-4-6-12-20/h4-7,10-13,16,19,22H,3,8-9,14-15,17-18H2,1-2H3. The molecule has 1 aromatic heterocycles. The Bertz CT molecular complexity index is 962. The molecule has 30 heavy (non-hydrogen) atoms. The summed E-state index contributed by atoms with van der Waals surface area (Å²) in [7, 11) is 1.74. The van der Waals surface area contributed by atoms with Gasteiger partial charge in [0.25, 0.3) is 0 Å². The molecule has 3 nitrogen and oxygen atoms in total. The molecule has 0 radical (unpaired) electrons. The zero-order chi connectivity index (χ0) is 20.8. The summed E-state index contributed by atoms with van der Waals surface area (Å²) in [5.41, 5.74) is 6.00. The van der Waals surface area contributed by atoms with Crippen LogP contribution < -0.4 is 9.47 Å². The molecule has 1 aliphatic rings. The normalized spacial score (nSPS) is 14.1. The predicted octanol–water partition coefficient (Wildman–Crippen LogP) is 6.43. The molecule has 0 aliphatic heterocycles. The van der Waals surface area contributed by atoms with Crippen molar-refractivity contribution in [3.8, 4) is 22.6 Å². The van der Waals surface area contributed by atoms with Crippen LogP contribution >= 0.6 is 0 Å². The van der Waals surface area contributed by atoms with Gasteiger partial charge in [-0.1, -0.05) is 61.5 Å². The van der Waals surface area contributed by atoms with Crippen molar-refractivity contribution in [3.63, 3.8) is 0 Å². The van der Waals surface area contributed by atoms with Crippen LogP contribution in [-0.4, -0.2) is 18.2 Å². The maximum atomic E-state index is 6.34. The fourth-order valence-corrected chi connectivity index (χ4v) is 4.44. The molecule has 1 aliphatic carbocycles. The highest BCUT2D eigenvalue weighted by Crippen LogP contribution is 2.42. The van der Waals surface area contributed by atoms with E-state index in [2.05, 4.69) is 61.5 Å². The molecule has 0 atom stereocenters. The zero-order valence-electron chi connectivity index (χ0n) is 18.1. The first-order chi connectivity index (χ1) is 14.8. The fourth-order valence-electron chi connectivity index (χ4n) is 4.44. The van der Waals surface area contributed by atoms with Crippen molar-refractivity contribution >= 4 is 0 Å². The van der Waals surface area contributed by atoms with Crippen molar-refractivity contribution in [2.24, 2.45) is 0 Å². The topological polar surface area (TPSA) is 31.4 Å². The van der Waals surface area contributed by atoms with E-state index in [1.807, 2.05) is 6.20 Å². The lowest BCUT2D eigenvalue weighted by atomic mass is 9.93. The largest absolute Gasteiger partial charge is 0.492 e. The Morgan fingerprint density at radius 3 is 2.40 bits per heavy atom. The van der Waals surface area contributed by atoms with E-state index < -0.39 is 0 Å². The van der Waals surface area contributed by atoms with E-state index in [1.165, 1.54) is 29.5 Å². The molecule has 4 rings (SSSR count). The first kappa shape index (κ1) is 20.5.